The number of halogens is 2. The van der Waals surface area contributed by atoms with Crippen LogP contribution in [-0.4, -0.2) is 28.6 Å². The number of nitrogens with zero attached hydrogens (tertiary/aromatic N) is 2. The van der Waals surface area contributed by atoms with Gasteiger partial charge in [0.2, 0.25) is 17.6 Å². The number of aromatic nitrogens is 2. The van der Waals surface area contributed by atoms with E-state index in [0.717, 1.165) is 5.56 Å². The second-order valence-corrected chi connectivity index (χ2v) is 5.24. The summed E-state index contributed by atoms with van der Waals surface area (Å²) >= 11 is 5.92. The lowest BCUT2D eigenvalue weighted by atomic mass is 10.2. The Hall–Kier alpha value is -1.63. The van der Waals surface area contributed by atoms with Gasteiger partial charge in [-0.05, 0) is 19.1 Å². The predicted octanol–water partition coefficient (Wildman–Crippen LogP) is 2.21. The van der Waals surface area contributed by atoms with Crippen LogP contribution in [0.1, 0.15) is 19.2 Å². The molecular weight excluding hydrogens is 327 g/mol. The molecule has 1 heterocycles. The molecule has 0 spiro atoms. The van der Waals surface area contributed by atoms with E-state index in [0.29, 0.717) is 36.1 Å². The van der Waals surface area contributed by atoms with Gasteiger partial charge in [-0.3, -0.25) is 4.79 Å². The van der Waals surface area contributed by atoms with Crippen LogP contribution in [0.25, 0.3) is 11.4 Å². The Labute approximate surface area is 139 Å². The zero-order valence-corrected chi connectivity index (χ0v) is 13.7. The number of nitrogens with one attached hydrogen (secondary N) is 1. The molecule has 1 unspecified atom stereocenters. The van der Waals surface area contributed by atoms with Crippen molar-refractivity contribution in [2.24, 2.45) is 5.73 Å². The number of nitrogens with two attached hydrogens (primary N) is 1. The van der Waals surface area contributed by atoms with Crippen LogP contribution in [-0.2, 0) is 11.2 Å². The number of benzene rings is 1. The molecule has 0 aliphatic heterocycles. The van der Waals surface area contributed by atoms with E-state index in [1.807, 2.05) is 12.1 Å². The maximum atomic E-state index is 11.4. The summed E-state index contributed by atoms with van der Waals surface area (Å²) in [5.41, 5.74) is 6.33. The van der Waals surface area contributed by atoms with E-state index in [4.69, 9.17) is 21.9 Å². The summed E-state index contributed by atoms with van der Waals surface area (Å²) in [4.78, 5) is 15.7. The fraction of sp³-hybridized carbons (Fsp3) is 0.357. The van der Waals surface area contributed by atoms with E-state index < -0.39 is 0 Å². The van der Waals surface area contributed by atoms with Crippen molar-refractivity contribution in [1.82, 2.24) is 15.5 Å². The first-order valence-corrected chi connectivity index (χ1v) is 7.03. The zero-order valence-electron chi connectivity index (χ0n) is 12.1. The first-order chi connectivity index (χ1) is 10.0. The maximum absolute atomic E-state index is 11.4. The van der Waals surface area contributed by atoms with Crippen molar-refractivity contribution in [3.63, 3.8) is 0 Å². The molecule has 0 radical (unpaired) electrons. The maximum Gasteiger partial charge on any atom is 0.228 e. The second kappa shape index (κ2) is 8.73. The van der Waals surface area contributed by atoms with Crippen LogP contribution in [0.3, 0.4) is 0 Å². The van der Waals surface area contributed by atoms with Crippen LogP contribution in [0.4, 0.5) is 0 Å². The number of carbonyl (C=O) groups excluding carboxylic acids is 1. The molecule has 1 aromatic carbocycles. The van der Waals surface area contributed by atoms with Crippen molar-refractivity contribution in [2.75, 3.05) is 6.54 Å². The fourth-order valence-electron chi connectivity index (χ4n) is 1.77. The average Bonchev–Trinajstić information content (AvgIpc) is 2.86. The highest BCUT2D eigenvalue weighted by Gasteiger charge is 2.10. The van der Waals surface area contributed by atoms with Gasteiger partial charge in [-0.25, -0.2) is 0 Å². The lowest BCUT2D eigenvalue weighted by Crippen LogP contribution is -2.31. The molecule has 0 saturated heterocycles. The van der Waals surface area contributed by atoms with Gasteiger partial charge >= 0.3 is 0 Å². The highest BCUT2D eigenvalue weighted by Crippen LogP contribution is 2.19. The Morgan fingerprint density at radius 1 is 1.50 bits per heavy atom. The summed E-state index contributed by atoms with van der Waals surface area (Å²) in [5.74, 6) is 0.861. The van der Waals surface area contributed by atoms with Crippen molar-refractivity contribution >= 4 is 29.9 Å². The summed E-state index contributed by atoms with van der Waals surface area (Å²) in [6.45, 7) is 2.22. The molecule has 1 atom stereocenters. The smallest absolute Gasteiger partial charge is 0.228 e. The van der Waals surface area contributed by atoms with E-state index >= 15 is 0 Å². The minimum absolute atomic E-state index is 0. The lowest BCUT2D eigenvalue weighted by Gasteiger charge is -2.05. The topological polar surface area (TPSA) is 94.0 Å². The van der Waals surface area contributed by atoms with Crippen molar-refractivity contribution in [1.29, 1.82) is 0 Å². The van der Waals surface area contributed by atoms with Gasteiger partial charge in [0.05, 0.1) is 0 Å². The monoisotopic (exact) mass is 344 g/mol. The molecule has 22 heavy (non-hydrogen) atoms. The van der Waals surface area contributed by atoms with Crippen LogP contribution in [0, 0.1) is 0 Å². The summed E-state index contributed by atoms with van der Waals surface area (Å²) in [7, 11) is 0. The van der Waals surface area contributed by atoms with Crippen molar-refractivity contribution in [2.45, 2.75) is 25.8 Å². The van der Waals surface area contributed by atoms with Crippen molar-refractivity contribution in [3.8, 4) is 11.4 Å². The molecule has 0 aliphatic rings. The zero-order chi connectivity index (χ0) is 15.2. The van der Waals surface area contributed by atoms with Crippen molar-refractivity contribution < 1.29 is 9.32 Å². The highest BCUT2D eigenvalue weighted by molar-refractivity contribution is 6.30. The van der Waals surface area contributed by atoms with E-state index in [9.17, 15) is 4.79 Å². The van der Waals surface area contributed by atoms with Gasteiger partial charge in [0.1, 0.15) is 0 Å². The number of amides is 1. The van der Waals surface area contributed by atoms with Crippen LogP contribution in [0.15, 0.2) is 28.8 Å². The lowest BCUT2D eigenvalue weighted by molar-refractivity contribution is -0.121. The SMILES string of the molecule is CC(N)CC(=O)NCCc1nc(-c2cccc(Cl)c2)no1.Cl. The van der Waals surface area contributed by atoms with Crippen LogP contribution in [0.5, 0.6) is 0 Å². The highest BCUT2D eigenvalue weighted by atomic mass is 35.5. The van der Waals surface area contributed by atoms with E-state index in [1.165, 1.54) is 0 Å². The Morgan fingerprint density at radius 2 is 2.27 bits per heavy atom. The third-order valence-corrected chi connectivity index (χ3v) is 2.95. The van der Waals surface area contributed by atoms with Crippen molar-refractivity contribution in [3.05, 3.63) is 35.2 Å². The number of hydrogen-bond acceptors (Lipinski definition) is 5. The summed E-state index contributed by atoms with van der Waals surface area (Å²) < 4.78 is 5.14. The summed E-state index contributed by atoms with van der Waals surface area (Å²) in [5, 5.41) is 7.26. The predicted molar refractivity (Wildman–Crippen MR) is 87.0 cm³/mol. The average molecular weight is 345 g/mol. The first kappa shape index (κ1) is 18.4. The molecule has 120 valence electrons. The number of hydrogen-bond donors (Lipinski definition) is 2. The van der Waals surface area contributed by atoms with Gasteiger partial charge in [-0.15, -0.1) is 12.4 Å². The van der Waals surface area contributed by atoms with Gasteiger partial charge in [-0.2, -0.15) is 4.98 Å². The Bertz CT molecular complexity index is 616. The van der Waals surface area contributed by atoms with Crippen LogP contribution < -0.4 is 11.1 Å². The van der Waals surface area contributed by atoms with Gasteiger partial charge in [0.25, 0.3) is 0 Å². The standard InChI is InChI=1S/C14H17ClN4O2.ClH/c1-9(16)7-12(20)17-6-5-13-18-14(19-21-13)10-3-2-4-11(15)8-10;/h2-4,8-9H,5-7,16H2,1H3,(H,17,20);1H. The summed E-state index contributed by atoms with van der Waals surface area (Å²) in [6.07, 6.45) is 0.774. The molecule has 1 aromatic heterocycles. The molecule has 3 N–H and O–H groups in total. The van der Waals surface area contributed by atoms with Crippen LogP contribution in [0.2, 0.25) is 5.02 Å². The van der Waals surface area contributed by atoms with E-state index in [-0.39, 0.29) is 24.4 Å². The molecule has 0 bridgehead atoms. The number of carbonyl (C=O) groups is 1. The molecular formula is C14H18Cl2N4O2. The number of rotatable bonds is 6. The van der Waals surface area contributed by atoms with Gasteiger partial charge in [-0.1, -0.05) is 28.9 Å². The molecule has 2 aromatic rings. The largest absolute Gasteiger partial charge is 0.356 e. The Kier molecular flexibility index (Phi) is 7.31. The van der Waals surface area contributed by atoms with Gasteiger partial charge in [0, 0.05) is 36.0 Å². The minimum Gasteiger partial charge on any atom is -0.356 e. The molecule has 0 saturated carbocycles. The Morgan fingerprint density at radius 3 is 2.95 bits per heavy atom. The molecule has 8 heteroatoms. The summed E-state index contributed by atoms with van der Waals surface area (Å²) in [6, 6.07) is 7.07. The third-order valence-electron chi connectivity index (χ3n) is 2.72. The Balaban J connectivity index is 0.00000242. The third kappa shape index (κ3) is 5.63. The molecule has 1 amide bonds. The van der Waals surface area contributed by atoms with E-state index in [2.05, 4.69) is 15.5 Å². The van der Waals surface area contributed by atoms with Gasteiger partial charge in [0.15, 0.2) is 0 Å². The minimum atomic E-state index is -0.150. The molecule has 0 fully saturated rings. The molecule has 2 rings (SSSR count). The first-order valence-electron chi connectivity index (χ1n) is 6.65. The molecule has 0 aliphatic carbocycles. The van der Waals surface area contributed by atoms with E-state index in [1.54, 1.807) is 19.1 Å². The second-order valence-electron chi connectivity index (χ2n) is 4.80. The quantitative estimate of drug-likeness (QED) is 0.837. The fourth-order valence-corrected chi connectivity index (χ4v) is 1.96. The van der Waals surface area contributed by atoms with Gasteiger partial charge < -0.3 is 15.6 Å². The normalized spacial score (nSPS) is 11.6. The van der Waals surface area contributed by atoms with Crippen LogP contribution >= 0.6 is 24.0 Å². The molecule has 6 nitrogen and oxygen atoms in total.